The third-order valence-corrected chi connectivity index (χ3v) is 6.18. The van der Waals surface area contributed by atoms with Crippen LogP contribution in [0, 0.1) is 26.1 Å². The maximum absolute atomic E-state index is 13.1. The van der Waals surface area contributed by atoms with Gasteiger partial charge in [0.2, 0.25) is 0 Å². The number of carbonyl (C=O) groups is 2. The first-order valence-corrected chi connectivity index (χ1v) is 14.5. The number of amides is 1. The second kappa shape index (κ2) is 16.2. The highest BCUT2D eigenvalue weighted by molar-refractivity contribution is 5.68. The molecule has 3 rings (SSSR count). The molecule has 14 heteroatoms. The maximum Gasteiger partial charge on any atom is 0.514 e. The topological polar surface area (TPSA) is 173 Å². The van der Waals surface area contributed by atoms with Crippen LogP contribution in [0.3, 0.4) is 0 Å². The number of hydrogen-bond acceptors (Lipinski definition) is 11. The highest BCUT2D eigenvalue weighted by Crippen LogP contribution is 2.22. The Morgan fingerprint density at radius 1 is 0.826 bits per heavy atom. The summed E-state index contributed by atoms with van der Waals surface area (Å²) in [4.78, 5) is 53.3. The maximum atomic E-state index is 13.1. The first-order valence-electron chi connectivity index (χ1n) is 14.5. The number of nitrogens with one attached hydrogen (secondary N) is 1. The zero-order valence-electron chi connectivity index (χ0n) is 26.3. The smallest absolute Gasteiger partial charge is 0.444 e. The van der Waals surface area contributed by atoms with Crippen LogP contribution < -0.4 is 14.9 Å². The summed E-state index contributed by atoms with van der Waals surface area (Å²) in [5.41, 5.74) is -0.277. The number of non-ortho nitro benzene ring substituents is 2. The van der Waals surface area contributed by atoms with E-state index in [1.165, 1.54) is 53.6 Å². The van der Waals surface area contributed by atoms with Crippen LogP contribution in [-0.2, 0) is 15.9 Å². The third kappa shape index (κ3) is 12.0. The van der Waals surface area contributed by atoms with Gasteiger partial charge >= 0.3 is 12.2 Å². The minimum Gasteiger partial charge on any atom is -0.444 e. The van der Waals surface area contributed by atoms with Gasteiger partial charge in [0.1, 0.15) is 23.2 Å². The van der Waals surface area contributed by atoms with Crippen molar-refractivity contribution in [2.24, 2.45) is 5.92 Å². The van der Waals surface area contributed by atoms with Crippen molar-refractivity contribution < 1.29 is 38.5 Å². The van der Waals surface area contributed by atoms with Crippen molar-refractivity contribution in [2.75, 3.05) is 13.1 Å². The van der Waals surface area contributed by atoms with E-state index in [0.717, 1.165) is 5.56 Å². The monoisotopic (exact) mass is 638 g/mol. The Hall–Kier alpha value is -5.24. The summed E-state index contributed by atoms with van der Waals surface area (Å²) in [5, 5.41) is 26.5. The molecule has 2 unspecified atom stereocenters. The van der Waals surface area contributed by atoms with E-state index in [1.54, 1.807) is 20.8 Å². The van der Waals surface area contributed by atoms with Crippen LogP contribution >= 0.6 is 0 Å². The first-order chi connectivity index (χ1) is 21.7. The molecule has 0 radical (unpaired) electrons. The number of nitro benzene ring substituents is 2. The van der Waals surface area contributed by atoms with Crippen molar-refractivity contribution in [3.05, 3.63) is 105 Å². The molecule has 3 aromatic carbocycles. The molecule has 3 aromatic rings. The Labute approximate surface area is 266 Å². The molecule has 0 aromatic heterocycles. The number of carbonyl (C=O) groups excluding carboxylic acids is 2. The van der Waals surface area contributed by atoms with Gasteiger partial charge in [-0.1, -0.05) is 44.2 Å². The van der Waals surface area contributed by atoms with E-state index < -0.39 is 39.8 Å². The lowest BCUT2D eigenvalue weighted by Crippen LogP contribution is -2.53. The summed E-state index contributed by atoms with van der Waals surface area (Å²) in [6.07, 6.45) is -2.72. The molecule has 0 fully saturated rings. The minimum atomic E-state index is -1.12. The molecule has 14 nitrogen and oxygen atoms in total. The normalized spacial score (nSPS) is 12.6. The SMILES string of the molecule is CC(C)CN(CC(OC(=O)Oc1ccc([N+](=O)[O-])cc1)C(Cc1ccccc1)NC(=O)OC(C)(C)C)Oc1ccc([N+](=O)[O-])cc1. The standard InChI is InChI=1S/C32H38N4O10/c1-22(2)20-34(46-27-17-13-25(14-18-27)36(41)42)21-29(44-31(38)43-26-15-11-24(12-16-26)35(39)40)28(19-23-9-7-6-8-10-23)33-30(37)45-32(3,4)5/h6-18,22,28-29H,19-21H2,1-5H3,(H,33,37). The number of alkyl carbamates (subject to hydrolysis) is 1. The predicted molar refractivity (Wildman–Crippen MR) is 167 cm³/mol. The highest BCUT2D eigenvalue weighted by Gasteiger charge is 2.33. The predicted octanol–water partition coefficient (Wildman–Crippen LogP) is 6.48. The quantitative estimate of drug-likeness (QED) is 0.0887. The molecule has 0 aliphatic rings. The van der Waals surface area contributed by atoms with Gasteiger partial charge in [-0.15, -0.1) is 5.06 Å². The molecular formula is C32H38N4O10. The number of nitro groups is 2. The fraction of sp³-hybridized carbons (Fsp3) is 0.375. The van der Waals surface area contributed by atoms with Gasteiger partial charge in [-0.3, -0.25) is 20.2 Å². The van der Waals surface area contributed by atoms with Crippen molar-refractivity contribution >= 4 is 23.6 Å². The van der Waals surface area contributed by atoms with Crippen molar-refractivity contribution in [1.29, 1.82) is 0 Å². The Morgan fingerprint density at radius 2 is 1.37 bits per heavy atom. The lowest BCUT2D eigenvalue weighted by Gasteiger charge is -2.33. The number of hydroxylamine groups is 2. The second-order valence-corrected chi connectivity index (χ2v) is 11.8. The molecule has 0 heterocycles. The minimum absolute atomic E-state index is 0.00947. The van der Waals surface area contributed by atoms with E-state index in [-0.39, 0.29) is 36.0 Å². The number of benzene rings is 3. The van der Waals surface area contributed by atoms with E-state index in [4.69, 9.17) is 19.0 Å². The van der Waals surface area contributed by atoms with Crippen LogP contribution in [0.25, 0.3) is 0 Å². The van der Waals surface area contributed by atoms with Gasteiger partial charge in [-0.25, -0.2) is 9.59 Å². The molecule has 1 N–H and O–H groups in total. The summed E-state index contributed by atoms with van der Waals surface area (Å²) in [5.74, 6) is 0.380. The van der Waals surface area contributed by atoms with E-state index in [1.807, 2.05) is 44.2 Å². The summed E-state index contributed by atoms with van der Waals surface area (Å²) < 4.78 is 16.7. The molecule has 0 saturated heterocycles. The van der Waals surface area contributed by atoms with Gasteiger partial charge in [-0.05, 0) is 62.9 Å². The molecule has 46 heavy (non-hydrogen) atoms. The van der Waals surface area contributed by atoms with Gasteiger partial charge in [0.15, 0.2) is 0 Å². The average molecular weight is 639 g/mol. The Morgan fingerprint density at radius 3 is 1.87 bits per heavy atom. The third-order valence-electron chi connectivity index (χ3n) is 6.18. The van der Waals surface area contributed by atoms with Crippen LogP contribution in [0.2, 0.25) is 0 Å². The molecule has 1 amide bonds. The zero-order chi connectivity index (χ0) is 33.9. The van der Waals surface area contributed by atoms with Crippen molar-refractivity contribution in [3.8, 4) is 11.5 Å². The summed E-state index contributed by atoms with van der Waals surface area (Å²) in [7, 11) is 0. The second-order valence-electron chi connectivity index (χ2n) is 11.8. The fourth-order valence-corrected chi connectivity index (χ4v) is 4.26. The largest absolute Gasteiger partial charge is 0.514 e. The van der Waals surface area contributed by atoms with Gasteiger partial charge in [-0.2, -0.15) is 0 Å². The Balaban J connectivity index is 1.95. The Bertz CT molecular complexity index is 1460. The van der Waals surface area contributed by atoms with Gasteiger partial charge in [0, 0.05) is 30.8 Å². The molecule has 2 atom stereocenters. The van der Waals surface area contributed by atoms with E-state index in [2.05, 4.69) is 5.32 Å². The van der Waals surface area contributed by atoms with Crippen molar-refractivity contribution in [2.45, 2.75) is 58.8 Å². The molecule has 0 spiro atoms. The number of ether oxygens (including phenoxy) is 3. The Kier molecular flexibility index (Phi) is 12.4. The van der Waals surface area contributed by atoms with Gasteiger partial charge in [0.05, 0.1) is 22.4 Å². The lowest BCUT2D eigenvalue weighted by molar-refractivity contribution is -0.385. The highest BCUT2D eigenvalue weighted by atomic mass is 16.7. The first kappa shape index (κ1) is 35.2. The molecule has 246 valence electrons. The molecular weight excluding hydrogens is 600 g/mol. The van der Waals surface area contributed by atoms with Crippen LogP contribution in [0.15, 0.2) is 78.9 Å². The van der Waals surface area contributed by atoms with Crippen LogP contribution in [0.4, 0.5) is 21.0 Å². The van der Waals surface area contributed by atoms with E-state index in [0.29, 0.717) is 12.3 Å². The van der Waals surface area contributed by atoms with Crippen molar-refractivity contribution in [1.82, 2.24) is 10.4 Å². The summed E-state index contributed by atoms with van der Waals surface area (Å²) in [6, 6.07) is 18.8. The summed E-state index contributed by atoms with van der Waals surface area (Å²) >= 11 is 0. The molecule has 0 saturated carbocycles. The average Bonchev–Trinajstić information content (AvgIpc) is 2.96. The van der Waals surface area contributed by atoms with Crippen molar-refractivity contribution in [3.63, 3.8) is 0 Å². The number of hydrogen-bond donors (Lipinski definition) is 1. The van der Waals surface area contributed by atoms with E-state index >= 15 is 0 Å². The van der Waals surface area contributed by atoms with E-state index in [9.17, 15) is 29.8 Å². The molecule has 0 bridgehead atoms. The lowest BCUT2D eigenvalue weighted by atomic mass is 10.0. The molecule has 0 aliphatic carbocycles. The van der Waals surface area contributed by atoms with Crippen LogP contribution in [0.1, 0.15) is 40.2 Å². The van der Waals surface area contributed by atoms with Crippen LogP contribution in [-0.4, -0.2) is 58.0 Å². The van der Waals surface area contributed by atoms with Crippen LogP contribution in [0.5, 0.6) is 11.5 Å². The number of nitrogens with zero attached hydrogens (tertiary/aromatic N) is 3. The number of rotatable bonds is 14. The summed E-state index contributed by atoms with van der Waals surface area (Å²) in [6.45, 7) is 9.33. The zero-order valence-corrected chi connectivity index (χ0v) is 26.3. The molecule has 0 aliphatic heterocycles. The van der Waals surface area contributed by atoms with Gasteiger partial charge in [0.25, 0.3) is 11.4 Å². The van der Waals surface area contributed by atoms with Gasteiger partial charge < -0.3 is 24.4 Å². The fourth-order valence-electron chi connectivity index (χ4n) is 4.26.